The number of aryl methyl sites for hydroxylation is 1. The number of nitrogens with zero attached hydrogens (tertiary/aromatic N) is 5. The molecule has 178 valence electrons. The monoisotopic (exact) mass is 472 g/mol. The molecule has 0 radical (unpaired) electrons. The predicted octanol–water partition coefficient (Wildman–Crippen LogP) is 2.10. The molecule has 0 saturated carbocycles. The third kappa shape index (κ3) is 3.86. The Kier molecular flexibility index (Phi) is 5.13. The van der Waals surface area contributed by atoms with Gasteiger partial charge in [0.25, 0.3) is 0 Å². The number of nitriles is 1. The van der Waals surface area contributed by atoms with E-state index in [1.165, 1.54) is 6.20 Å². The molecule has 1 atom stereocenters. The minimum Gasteiger partial charge on any atom is -0.489 e. The van der Waals surface area contributed by atoms with E-state index in [1.807, 2.05) is 18.2 Å². The number of hydrogen-bond acceptors (Lipinski definition) is 8. The van der Waals surface area contributed by atoms with Crippen molar-refractivity contribution < 1.29 is 14.3 Å². The highest BCUT2D eigenvalue weighted by molar-refractivity contribution is 5.96. The normalized spacial score (nSPS) is 19.7. The molecule has 5 heterocycles. The maximum Gasteiger partial charge on any atom is 0.224 e. The Morgan fingerprint density at radius 1 is 1.14 bits per heavy atom. The molecule has 3 aliphatic heterocycles. The number of hydrogen-bond donors (Lipinski definition) is 3. The number of benzene rings is 1. The van der Waals surface area contributed by atoms with Crippen molar-refractivity contribution in [3.05, 3.63) is 35.5 Å². The second kappa shape index (κ2) is 8.47. The molecule has 3 aromatic rings. The highest BCUT2D eigenvalue weighted by Gasteiger charge is 2.29. The van der Waals surface area contributed by atoms with Crippen molar-refractivity contribution in [2.75, 3.05) is 35.2 Å². The molecule has 4 bridgehead atoms. The molecule has 35 heavy (non-hydrogen) atoms. The fourth-order valence-corrected chi connectivity index (χ4v) is 5.05. The van der Waals surface area contributed by atoms with Crippen LogP contribution in [0.1, 0.15) is 36.8 Å². The second-order valence-corrected chi connectivity index (χ2v) is 8.98. The summed E-state index contributed by atoms with van der Waals surface area (Å²) in [5, 5.41) is 23.3. The summed E-state index contributed by atoms with van der Waals surface area (Å²) < 4.78 is 7.62. The van der Waals surface area contributed by atoms with Crippen LogP contribution in [-0.4, -0.2) is 52.2 Å². The van der Waals surface area contributed by atoms with Gasteiger partial charge in [-0.1, -0.05) is 0 Å². The molecule has 1 fully saturated rings. The number of nitrogens with one attached hydrogen (secondary N) is 3. The minimum atomic E-state index is -0.0519. The summed E-state index contributed by atoms with van der Waals surface area (Å²) in [4.78, 5) is 31.6. The molecule has 0 aliphatic carbocycles. The molecule has 1 aromatic carbocycles. The number of rotatable bonds is 0. The van der Waals surface area contributed by atoms with Crippen LogP contribution in [0.25, 0.3) is 5.65 Å². The summed E-state index contributed by atoms with van der Waals surface area (Å²) in [5.74, 6) is 1.77. The van der Waals surface area contributed by atoms with Gasteiger partial charge in [-0.25, -0.2) is 4.98 Å². The van der Waals surface area contributed by atoms with Crippen molar-refractivity contribution in [2.24, 2.45) is 0 Å². The first kappa shape index (κ1) is 21.2. The standard InChI is InChI=1S/C24H24N8O3/c25-12-15-13-27-32-20-11-19(29-24(15)32)31-6-1-2-17(31)10-22(34)26-5-7-35-18-9-16(28-20)8-14-3-4-21(33)30-23(14)18/h8-9,11,13,17,28H,1-7,10H2,(H,26,34)(H,30,33)/t17-/m1/s1. The van der Waals surface area contributed by atoms with Crippen LogP contribution in [0.5, 0.6) is 5.75 Å². The fraction of sp³-hybridized carbons (Fsp3) is 0.375. The van der Waals surface area contributed by atoms with Crippen LogP contribution < -0.4 is 25.6 Å². The van der Waals surface area contributed by atoms with E-state index < -0.39 is 0 Å². The first-order chi connectivity index (χ1) is 17.1. The van der Waals surface area contributed by atoms with Crippen molar-refractivity contribution in [2.45, 2.75) is 38.1 Å². The van der Waals surface area contributed by atoms with E-state index in [-0.39, 0.29) is 24.5 Å². The van der Waals surface area contributed by atoms with Crippen molar-refractivity contribution in [1.29, 1.82) is 5.26 Å². The predicted molar refractivity (Wildman–Crippen MR) is 128 cm³/mol. The van der Waals surface area contributed by atoms with Crippen LogP contribution >= 0.6 is 0 Å². The highest BCUT2D eigenvalue weighted by Crippen LogP contribution is 2.38. The minimum absolute atomic E-state index is 0.0147. The number of anilines is 4. The van der Waals surface area contributed by atoms with Crippen LogP contribution in [0.3, 0.4) is 0 Å². The van der Waals surface area contributed by atoms with Crippen LogP contribution in [0, 0.1) is 11.3 Å². The maximum atomic E-state index is 12.7. The number of carbonyl (C=O) groups is 2. The Hall–Kier alpha value is -4.33. The number of carbonyl (C=O) groups excluding carboxylic acids is 2. The molecule has 3 aliphatic rings. The number of amides is 2. The van der Waals surface area contributed by atoms with Crippen molar-refractivity contribution in [1.82, 2.24) is 19.9 Å². The lowest BCUT2D eigenvalue weighted by Gasteiger charge is -2.26. The molecule has 6 rings (SSSR count). The van der Waals surface area contributed by atoms with Crippen molar-refractivity contribution in [3.63, 3.8) is 0 Å². The van der Waals surface area contributed by atoms with Gasteiger partial charge in [-0.2, -0.15) is 14.9 Å². The van der Waals surface area contributed by atoms with Gasteiger partial charge in [-0.05, 0) is 30.9 Å². The molecule has 3 N–H and O–H groups in total. The Bertz CT molecular complexity index is 1390. The largest absolute Gasteiger partial charge is 0.489 e. The van der Waals surface area contributed by atoms with Gasteiger partial charge in [0.2, 0.25) is 11.8 Å². The molecular formula is C24H24N8O3. The Morgan fingerprint density at radius 3 is 2.94 bits per heavy atom. The second-order valence-electron chi connectivity index (χ2n) is 8.98. The first-order valence-corrected chi connectivity index (χ1v) is 11.8. The van der Waals surface area contributed by atoms with Crippen LogP contribution in [-0.2, 0) is 16.0 Å². The summed E-state index contributed by atoms with van der Waals surface area (Å²) in [5.41, 5.74) is 3.21. The van der Waals surface area contributed by atoms with Crippen LogP contribution in [0.15, 0.2) is 24.4 Å². The summed E-state index contributed by atoms with van der Waals surface area (Å²) in [6.07, 6.45) is 4.69. The van der Waals surface area contributed by atoms with Gasteiger partial charge in [0.1, 0.15) is 35.6 Å². The number of ether oxygens (including phenoxy) is 1. The molecule has 0 spiro atoms. The fourth-order valence-electron chi connectivity index (χ4n) is 5.05. The average Bonchev–Trinajstić information content (AvgIpc) is 3.48. The molecule has 11 heteroatoms. The number of aromatic nitrogens is 3. The van der Waals surface area contributed by atoms with E-state index in [2.05, 4.69) is 32.0 Å². The van der Waals surface area contributed by atoms with Gasteiger partial charge >= 0.3 is 0 Å². The summed E-state index contributed by atoms with van der Waals surface area (Å²) >= 11 is 0. The third-order valence-corrected chi connectivity index (χ3v) is 6.70. The van der Waals surface area contributed by atoms with Crippen LogP contribution in [0.2, 0.25) is 0 Å². The number of fused-ring (bicyclic) bond motifs is 10. The van der Waals surface area contributed by atoms with Crippen molar-refractivity contribution in [3.8, 4) is 11.8 Å². The van der Waals surface area contributed by atoms with Gasteiger partial charge in [-0.15, -0.1) is 0 Å². The molecule has 0 unspecified atom stereocenters. The molecule has 1 saturated heterocycles. The van der Waals surface area contributed by atoms with Gasteiger partial charge < -0.3 is 25.6 Å². The van der Waals surface area contributed by atoms with E-state index in [1.54, 1.807) is 4.52 Å². The summed E-state index contributed by atoms with van der Waals surface area (Å²) in [6.45, 7) is 1.41. The summed E-state index contributed by atoms with van der Waals surface area (Å²) in [6, 6.07) is 7.89. The highest BCUT2D eigenvalue weighted by atomic mass is 16.5. The SMILES string of the molecule is N#Cc1cnn2c3cc(nc12)N1CCC[C@@H]1CC(=O)NCCOc1cc(cc2c1NC(=O)CC2)N3. The van der Waals surface area contributed by atoms with Crippen LogP contribution in [0.4, 0.5) is 23.0 Å². The molecule has 2 aromatic heterocycles. The van der Waals surface area contributed by atoms with Gasteiger partial charge in [0, 0.05) is 43.2 Å². The van der Waals surface area contributed by atoms with E-state index in [9.17, 15) is 14.9 Å². The van der Waals surface area contributed by atoms with Gasteiger partial charge in [0.15, 0.2) is 5.65 Å². The lowest BCUT2D eigenvalue weighted by molar-refractivity contribution is -0.121. The average molecular weight is 473 g/mol. The first-order valence-electron chi connectivity index (χ1n) is 11.8. The zero-order valence-electron chi connectivity index (χ0n) is 19.0. The molecule has 2 amide bonds. The molecule has 11 nitrogen and oxygen atoms in total. The zero-order chi connectivity index (χ0) is 23.9. The van der Waals surface area contributed by atoms with Crippen molar-refractivity contribution >= 4 is 40.5 Å². The quantitative estimate of drug-likeness (QED) is 0.452. The van der Waals surface area contributed by atoms with E-state index >= 15 is 0 Å². The third-order valence-electron chi connectivity index (χ3n) is 6.70. The Morgan fingerprint density at radius 2 is 2.06 bits per heavy atom. The lowest BCUT2D eigenvalue weighted by atomic mass is 10.0. The Labute approximate surface area is 201 Å². The van der Waals surface area contributed by atoms with Gasteiger partial charge in [-0.3, -0.25) is 9.59 Å². The van der Waals surface area contributed by atoms with Gasteiger partial charge in [0.05, 0.1) is 18.4 Å². The maximum absolute atomic E-state index is 12.7. The van der Waals surface area contributed by atoms with E-state index in [0.717, 1.165) is 30.6 Å². The topological polar surface area (TPSA) is 137 Å². The molecular weight excluding hydrogens is 448 g/mol. The summed E-state index contributed by atoms with van der Waals surface area (Å²) in [7, 11) is 0. The van der Waals surface area contributed by atoms with E-state index in [4.69, 9.17) is 9.72 Å². The zero-order valence-corrected chi connectivity index (χ0v) is 19.0. The Balaban J connectivity index is 1.50. The van der Waals surface area contributed by atoms with E-state index in [0.29, 0.717) is 60.1 Å². The smallest absolute Gasteiger partial charge is 0.224 e. The lowest BCUT2D eigenvalue weighted by Crippen LogP contribution is -2.37.